The van der Waals surface area contributed by atoms with Crippen LogP contribution in [-0.4, -0.2) is 23.9 Å². The van der Waals surface area contributed by atoms with Crippen LogP contribution in [0.3, 0.4) is 0 Å². The summed E-state index contributed by atoms with van der Waals surface area (Å²) in [4.78, 5) is 0. The third-order valence-electron chi connectivity index (χ3n) is 5.18. The second kappa shape index (κ2) is 6.91. The van der Waals surface area contributed by atoms with Crippen molar-refractivity contribution < 1.29 is 9.84 Å². The van der Waals surface area contributed by atoms with Crippen molar-refractivity contribution in [2.45, 2.75) is 77.4 Å². The Kier molecular flexibility index (Phi) is 5.50. The van der Waals surface area contributed by atoms with Crippen LogP contribution in [-0.2, 0) is 4.74 Å². The van der Waals surface area contributed by atoms with Gasteiger partial charge in [0.15, 0.2) is 0 Å². The van der Waals surface area contributed by atoms with Crippen LogP contribution in [0.2, 0.25) is 0 Å². The summed E-state index contributed by atoms with van der Waals surface area (Å²) in [6, 6.07) is 0. The largest absolute Gasteiger partial charge is 0.393 e. The zero-order valence-electron chi connectivity index (χ0n) is 12.1. The lowest BCUT2D eigenvalue weighted by atomic mass is 9.73. The van der Waals surface area contributed by atoms with Crippen LogP contribution >= 0.6 is 0 Å². The summed E-state index contributed by atoms with van der Waals surface area (Å²) in [6.45, 7) is 5.19. The van der Waals surface area contributed by atoms with E-state index in [1.807, 2.05) is 0 Å². The summed E-state index contributed by atoms with van der Waals surface area (Å²) >= 11 is 0. The molecule has 0 aromatic rings. The number of aliphatic hydroxyl groups is 1. The lowest BCUT2D eigenvalue weighted by Crippen LogP contribution is -2.36. The van der Waals surface area contributed by atoms with E-state index in [-0.39, 0.29) is 6.10 Å². The second-order valence-corrected chi connectivity index (χ2v) is 6.41. The summed E-state index contributed by atoms with van der Waals surface area (Å²) < 4.78 is 5.58. The second-order valence-electron chi connectivity index (χ2n) is 6.41. The molecular formula is C16H30O2. The van der Waals surface area contributed by atoms with Gasteiger partial charge in [-0.05, 0) is 56.8 Å². The summed E-state index contributed by atoms with van der Waals surface area (Å²) in [5, 5.41) is 10.3. The maximum atomic E-state index is 10.3. The molecule has 2 heteroatoms. The molecule has 1 atom stereocenters. The SMILES string of the molecule is CCOC1CC(CC(O)C2CCC(CC)CC2)C1. The topological polar surface area (TPSA) is 29.5 Å². The molecule has 0 heterocycles. The highest BCUT2D eigenvalue weighted by molar-refractivity contribution is 4.85. The summed E-state index contributed by atoms with van der Waals surface area (Å²) in [5.41, 5.74) is 0. The first kappa shape index (κ1) is 14.3. The minimum atomic E-state index is -0.0459. The normalized spacial score (nSPS) is 38.2. The summed E-state index contributed by atoms with van der Waals surface area (Å²) in [6.07, 6.45) is 10.3. The molecule has 0 aliphatic heterocycles. The first-order chi connectivity index (χ1) is 8.72. The van der Waals surface area contributed by atoms with Gasteiger partial charge in [0.1, 0.15) is 0 Å². The van der Waals surface area contributed by atoms with Gasteiger partial charge in [-0.2, -0.15) is 0 Å². The van der Waals surface area contributed by atoms with E-state index in [1.54, 1.807) is 0 Å². The highest BCUT2D eigenvalue weighted by Crippen LogP contribution is 2.38. The van der Waals surface area contributed by atoms with Gasteiger partial charge in [-0.15, -0.1) is 0 Å². The molecule has 1 N–H and O–H groups in total. The molecular weight excluding hydrogens is 224 g/mol. The molecule has 0 amide bonds. The first-order valence-corrected chi connectivity index (χ1v) is 8.02. The zero-order valence-corrected chi connectivity index (χ0v) is 12.1. The Hall–Kier alpha value is -0.0800. The van der Waals surface area contributed by atoms with Gasteiger partial charge in [0.25, 0.3) is 0 Å². The van der Waals surface area contributed by atoms with Crippen LogP contribution in [0.25, 0.3) is 0 Å². The molecule has 0 aromatic carbocycles. The predicted octanol–water partition coefficient (Wildman–Crippen LogP) is 3.77. The van der Waals surface area contributed by atoms with E-state index >= 15 is 0 Å². The average molecular weight is 254 g/mol. The van der Waals surface area contributed by atoms with E-state index in [0.29, 0.717) is 12.0 Å². The molecule has 2 fully saturated rings. The smallest absolute Gasteiger partial charge is 0.0580 e. The first-order valence-electron chi connectivity index (χ1n) is 8.02. The Balaban J connectivity index is 1.62. The third kappa shape index (κ3) is 3.71. The van der Waals surface area contributed by atoms with Crippen LogP contribution in [0.15, 0.2) is 0 Å². The van der Waals surface area contributed by atoms with Gasteiger partial charge >= 0.3 is 0 Å². The maximum absolute atomic E-state index is 10.3. The molecule has 0 saturated heterocycles. The molecule has 106 valence electrons. The van der Waals surface area contributed by atoms with Crippen molar-refractivity contribution in [1.82, 2.24) is 0 Å². The Morgan fingerprint density at radius 3 is 2.28 bits per heavy atom. The van der Waals surface area contributed by atoms with Crippen molar-refractivity contribution in [3.8, 4) is 0 Å². The predicted molar refractivity (Wildman–Crippen MR) is 74.5 cm³/mol. The number of rotatable bonds is 6. The fourth-order valence-corrected chi connectivity index (χ4v) is 3.75. The monoisotopic (exact) mass is 254 g/mol. The number of aliphatic hydroxyl groups excluding tert-OH is 1. The number of hydrogen-bond acceptors (Lipinski definition) is 2. The van der Waals surface area contributed by atoms with Crippen molar-refractivity contribution in [3.63, 3.8) is 0 Å². The molecule has 2 nitrogen and oxygen atoms in total. The molecule has 18 heavy (non-hydrogen) atoms. The molecule has 0 bridgehead atoms. The van der Waals surface area contributed by atoms with E-state index in [0.717, 1.165) is 24.9 Å². The van der Waals surface area contributed by atoms with Gasteiger partial charge in [0.05, 0.1) is 12.2 Å². The van der Waals surface area contributed by atoms with E-state index in [9.17, 15) is 5.11 Å². The summed E-state index contributed by atoms with van der Waals surface area (Å²) in [7, 11) is 0. The zero-order chi connectivity index (χ0) is 13.0. The Morgan fingerprint density at radius 1 is 1.06 bits per heavy atom. The van der Waals surface area contributed by atoms with Gasteiger partial charge in [-0.25, -0.2) is 0 Å². The summed E-state index contributed by atoms with van der Waals surface area (Å²) in [5.74, 6) is 2.24. The van der Waals surface area contributed by atoms with Crippen LogP contribution in [0.5, 0.6) is 0 Å². The van der Waals surface area contributed by atoms with Gasteiger partial charge in [-0.3, -0.25) is 0 Å². The Morgan fingerprint density at radius 2 is 1.72 bits per heavy atom. The lowest BCUT2D eigenvalue weighted by molar-refractivity contribution is -0.0466. The average Bonchev–Trinajstić information content (AvgIpc) is 2.36. The highest BCUT2D eigenvalue weighted by atomic mass is 16.5. The molecule has 0 radical (unpaired) electrons. The highest BCUT2D eigenvalue weighted by Gasteiger charge is 2.34. The van der Waals surface area contributed by atoms with Crippen LogP contribution in [0.4, 0.5) is 0 Å². The van der Waals surface area contributed by atoms with E-state index < -0.39 is 0 Å². The minimum absolute atomic E-state index is 0.0459. The van der Waals surface area contributed by atoms with Gasteiger partial charge < -0.3 is 9.84 Å². The van der Waals surface area contributed by atoms with Crippen LogP contribution in [0.1, 0.15) is 65.2 Å². The molecule has 0 aromatic heterocycles. The lowest BCUT2D eigenvalue weighted by Gasteiger charge is -2.38. The molecule has 2 rings (SSSR count). The van der Waals surface area contributed by atoms with Crippen molar-refractivity contribution in [3.05, 3.63) is 0 Å². The van der Waals surface area contributed by atoms with Gasteiger partial charge in [0, 0.05) is 6.61 Å². The molecule has 1 unspecified atom stereocenters. The van der Waals surface area contributed by atoms with Gasteiger partial charge in [0.2, 0.25) is 0 Å². The number of ether oxygens (including phenoxy) is 1. The van der Waals surface area contributed by atoms with Crippen LogP contribution < -0.4 is 0 Å². The van der Waals surface area contributed by atoms with E-state index in [4.69, 9.17) is 4.74 Å². The fourth-order valence-electron chi connectivity index (χ4n) is 3.75. The van der Waals surface area contributed by atoms with Crippen molar-refractivity contribution in [2.24, 2.45) is 17.8 Å². The third-order valence-corrected chi connectivity index (χ3v) is 5.18. The van der Waals surface area contributed by atoms with Crippen LogP contribution in [0, 0.1) is 17.8 Å². The Bertz CT molecular complexity index is 227. The van der Waals surface area contributed by atoms with Crippen molar-refractivity contribution in [1.29, 1.82) is 0 Å². The Labute approximate surface area is 112 Å². The molecule has 2 aliphatic carbocycles. The van der Waals surface area contributed by atoms with E-state index in [2.05, 4.69) is 13.8 Å². The van der Waals surface area contributed by atoms with Crippen molar-refractivity contribution in [2.75, 3.05) is 6.61 Å². The molecule has 0 spiro atoms. The molecule has 2 aliphatic rings. The quantitative estimate of drug-likeness (QED) is 0.782. The standard InChI is InChI=1S/C16H30O2/c1-3-12-5-7-14(8-6-12)16(17)11-13-9-15(10-13)18-4-2/h12-17H,3-11H2,1-2H3. The van der Waals surface area contributed by atoms with Crippen molar-refractivity contribution >= 4 is 0 Å². The number of hydrogen-bond donors (Lipinski definition) is 1. The fraction of sp³-hybridized carbons (Fsp3) is 1.00. The van der Waals surface area contributed by atoms with E-state index in [1.165, 1.54) is 44.9 Å². The van der Waals surface area contributed by atoms with Gasteiger partial charge in [-0.1, -0.05) is 26.2 Å². The minimum Gasteiger partial charge on any atom is -0.393 e. The molecule has 2 saturated carbocycles. The maximum Gasteiger partial charge on any atom is 0.0580 e.